The van der Waals surface area contributed by atoms with Crippen LogP contribution in [0.1, 0.15) is 28.8 Å². The monoisotopic (exact) mass is 393 g/mol. The average molecular weight is 393 g/mol. The van der Waals surface area contributed by atoms with E-state index >= 15 is 0 Å². The fraction of sp³-hybridized carbons (Fsp3) is 0.304. The van der Waals surface area contributed by atoms with Gasteiger partial charge in [-0.25, -0.2) is 0 Å². The zero-order valence-electron chi connectivity index (χ0n) is 16.9. The lowest BCUT2D eigenvalue weighted by Crippen LogP contribution is -2.38. The Labute approximate surface area is 171 Å². The molecule has 6 nitrogen and oxygen atoms in total. The van der Waals surface area contributed by atoms with Crippen LogP contribution >= 0.6 is 0 Å². The third-order valence-electron chi connectivity index (χ3n) is 4.76. The van der Waals surface area contributed by atoms with Crippen molar-refractivity contribution in [3.05, 3.63) is 71.4 Å². The molecule has 2 N–H and O–H groups in total. The predicted molar refractivity (Wildman–Crippen MR) is 115 cm³/mol. The summed E-state index contributed by atoms with van der Waals surface area (Å²) in [4.78, 5) is 27.4. The number of benzene rings is 2. The number of anilines is 1. The van der Waals surface area contributed by atoms with Gasteiger partial charge in [-0.2, -0.15) is 0 Å². The van der Waals surface area contributed by atoms with E-state index in [0.717, 1.165) is 30.7 Å². The van der Waals surface area contributed by atoms with Crippen LogP contribution in [0, 0.1) is 0 Å². The van der Waals surface area contributed by atoms with Crippen LogP contribution in [0.15, 0.2) is 60.3 Å². The van der Waals surface area contributed by atoms with Gasteiger partial charge in [0.15, 0.2) is 0 Å². The Bertz CT molecular complexity index is 855. The highest BCUT2D eigenvalue weighted by atomic mass is 16.5. The van der Waals surface area contributed by atoms with Crippen molar-refractivity contribution in [2.75, 3.05) is 32.1 Å². The van der Waals surface area contributed by atoms with Gasteiger partial charge in [0.05, 0.1) is 6.10 Å². The molecule has 1 fully saturated rings. The van der Waals surface area contributed by atoms with Crippen LogP contribution in [0.3, 0.4) is 0 Å². The number of amides is 2. The number of nitrogens with one attached hydrogen (secondary N) is 2. The molecule has 29 heavy (non-hydrogen) atoms. The van der Waals surface area contributed by atoms with E-state index in [1.54, 1.807) is 30.3 Å². The van der Waals surface area contributed by atoms with Gasteiger partial charge in [0, 0.05) is 38.5 Å². The van der Waals surface area contributed by atoms with E-state index in [4.69, 9.17) is 4.74 Å². The second-order valence-electron chi connectivity index (χ2n) is 7.21. The zero-order chi connectivity index (χ0) is 20.6. The quantitative estimate of drug-likeness (QED) is 0.710. The van der Waals surface area contributed by atoms with Crippen LogP contribution in [-0.4, -0.2) is 45.2 Å². The Morgan fingerprint density at radius 3 is 2.45 bits per heavy atom. The molecule has 1 saturated heterocycles. The first-order valence-corrected chi connectivity index (χ1v) is 9.78. The van der Waals surface area contributed by atoms with Crippen molar-refractivity contribution in [2.24, 2.45) is 0 Å². The maximum Gasteiger partial charge on any atom is 0.267 e. The van der Waals surface area contributed by atoms with Gasteiger partial charge in [-0.05, 0) is 48.7 Å². The van der Waals surface area contributed by atoms with Gasteiger partial charge >= 0.3 is 0 Å². The lowest BCUT2D eigenvalue weighted by Gasteiger charge is -2.15. The number of carbonyl (C=O) groups is 2. The molecule has 0 saturated carbocycles. The Morgan fingerprint density at radius 1 is 1.10 bits per heavy atom. The molecule has 2 aromatic rings. The number of hydrogen-bond acceptors (Lipinski definition) is 4. The summed E-state index contributed by atoms with van der Waals surface area (Å²) >= 11 is 0. The Hall–Kier alpha value is -3.12. The highest BCUT2D eigenvalue weighted by molar-refractivity contribution is 6.05. The molecule has 0 aromatic heterocycles. The summed E-state index contributed by atoms with van der Waals surface area (Å²) in [7, 11) is 3.93. The van der Waals surface area contributed by atoms with Crippen molar-refractivity contribution >= 4 is 23.6 Å². The number of carbonyl (C=O) groups excluding carboxylic acids is 2. The van der Waals surface area contributed by atoms with Crippen LogP contribution in [-0.2, 0) is 9.53 Å². The van der Waals surface area contributed by atoms with E-state index in [1.807, 2.05) is 49.3 Å². The minimum absolute atomic E-state index is 0.0319. The van der Waals surface area contributed by atoms with Crippen molar-refractivity contribution in [1.82, 2.24) is 10.6 Å². The Balaban J connectivity index is 1.77. The first-order valence-electron chi connectivity index (χ1n) is 9.78. The van der Waals surface area contributed by atoms with Crippen LogP contribution in [0.25, 0.3) is 6.08 Å². The Kier molecular flexibility index (Phi) is 7.03. The van der Waals surface area contributed by atoms with Gasteiger partial charge in [-0.1, -0.05) is 30.3 Å². The molecular formula is C23H27N3O3. The van der Waals surface area contributed by atoms with Crippen LogP contribution in [0.4, 0.5) is 5.69 Å². The molecule has 0 spiro atoms. The highest BCUT2D eigenvalue weighted by Gasteiger charge is 2.19. The van der Waals surface area contributed by atoms with Crippen molar-refractivity contribution in [3.8, 4) is 0 Å². The number of hydrogen-bond donors (Lipinski definition) is 2. The van der Waals surface area contributed by atoms with Gasteiger partial charge in [0.25, 0.3) is 11.8 Å². The summed E-state index contributed by atoms with van der Waals surface area (Å²) in [5, 5.41) is 5.63. The summed E-state index contributed by atoms with van der Waals surface area (Å²) in [6.45, 7) is 1.16. The van der Waals surface area contributed by atoms with Crippen molar-refractivity contribution in [1.29, 1.82) is 0 Å². The molecule has 0 unspecified atom stereocenters. The normalized spacial score (nSPS) is 16.3. The molecule has 0 bridgehead atoms. The standard InChI is InChI=1S/C23H27N3O3/c1-26(2)19-12-10-17(11-13-19)15-21(23(28)24-16-20-9-6-14-29-20)25-22(27)18-7-4-3-5-8-18/h3-5,7-8,10-13,15,20H,6,9,14,16H2,1-2H3,(H,24,28)(H,25,27)/b21-15+/t20-/m1/s1. The zero-order valence-corrected chi connectivity index (χ0v) is 16.9. The smallest absolute Gasteiger partial charge is 0.267 e. The number of rotatable bonds is 7. The average Bonchev–Trinajstić information content (AvgIpc) is 3.26. The van der Waals surface area contributed by atoms with E-state index in [1.165, 1.54) is 0 Å². The van der Waals surface area contributed by atoms with Crippen molar-refractivity contribution < 1.29 is 14.3 Å². The maximum absolute atomic E-state index is 12.8. The first-order chi connectivity index (χ1) is 14.0. The summed E-state index contributed by atoms with van der Waals surface area (Å²) in [5.74, 6) is -0.657. The SMILES string of the molecule is CN(C)c1ccc(/C=C(/NC(=O)c2ccccc2)C(=O)NC[C@H]2CCCO2)cc1. The van der Waals surface area contributed by atoms with Crippen molar-refractivity contribution in [3.63, 3.8) is 0 Å². The molecule has 3 rings (SSSR count). The second-order valence-corrected chi connectivity index (χ2v) is 7.21. The van der Waals surface area contributed by atoms with Gasteiger partial charge in [-0.3, -0.25) is 9.59 Å². The van der Waals surface area contributed by atoms with Crippen LogP contribution < -0.4 is 15.5 Å². The largest absolute Gasteiger partial charge is 0.378 e. The third kappa shape index (κ3) is 5.93. The lowest BCUT2D eigenvalue weighted by molar-refractivity contribution is -0.118. The first kappa shape index (κ1) is 20.6. The summed E-state index contributed by atoms with van der Waals surface area (Å²) in [5.41, 5.74) is 2.58. The fourth-order valence-corrected chi connectivity index (χ4v) is 3.08. The maximum atomic E-state index is 12.8. The molecule has 2 amide bonds. The van der Waals surface area contributed by atoms with E-state index in [-0.39, 0.29) is 23.6 Å². The molecule has 1 atom stereocenters. The molecular weight excluding hydrogens is 366 g/mol. The van der Waals surface area contributed by atoms with Crippen LogP contribution in [0.2, 0.25) is 0 Å². The molecule has 1 aliphatic heterocycles. The highest BCUT2D eigenvalue weighted by Crippen LogP contribution is 2.15. The predicted octanol–water partition coefficient (Wildman–Crippen LogP) is 2.82. The molecule has 1 aliphatic rings. The molecule has 152 valence electrons. The van der Waals surface area contributed by atoms with Gasteiger partial charge in [-0.15, -0.1) is 0 Å². The van der Waals surface area contributed by atoms with Crippen molar-refractivity contribution in [2.45, 2.75) is 18.9 Å². The van der Waals surface area contributed by atoms with E-state index in [0.29, 0.717) is 12.1 Å². The molecule has 0 radical (unpaired) electrons. The van der Waals surface area contributed by atoms with E-state index in [9.17, 15) is 9.59 Å². The van der Waals surface area contributed by atoms with E-state index in [2.05, 4.69) is 10.6 Å². The summed E-state index contributed by atoms with van der Waals surface area (Å²) < 4.78 is 5.56. The minimum Gasteiger partial charge on any atom is -0.378 e. The van der Waals surface area contributed by atoms with Crippen LogP contribution in [0.5, 0.6) is 0 Å². The van der Waals surface area contributed by atoms with Gasteiger partial charge < -0.3 is 20.3 Å². The fourth-order valence-electron chi connectivity index (χ4n) is 3.08. The number of nitrogens with zero attached hydrogens (tertiary/aromatic N) is 1. The molecule has 6 heteroatoms. The van der Waals surface area contributed by atoms with Gasteiger partial charge in [0.1, 0.15) is 5.70 Å². The molecule has 1 heterocycles. The van der Waals surface area contributed by atoms with E-state index < -0.39 is 0 Å². The minimum atomic E-state index is -0.332. The summed E-state index contributed by atoms with van der Waals surface area (Å²) in [6, 6.07) is 16.6. The number of ether oxygens (including phenoxy) is 1. The third-order valence-corrected chi connectivity index (χ3v) is 4.76. The van der Waals surface area contributed by atoms with Gasteiger partial charge in [0.2, 0.25) is 0 Å². The molecule has 0 aliphatic carbocycles. The second kappa shape index (κ2) is 9.89. The summed E-state index contributed by atoms with van der Waals surface area (Å²) in [6.07, 6.45) is 3.66. The molecule has 2 aromatic carbocycles. The Morgan fingerprint density at radius 2 is 1.83 bits per heavy atom. The lowest BCUT2D eigenvalue weighted by atomic mass is 10.1. The topological polar surface area (TPSA) is 70.7 Å².